The second-order valence-electron chi connectivity index (χ2n) is 8.14. The van der Waals surface area contributed by atoms with Crippen LogP contribution in [0.2, 0.25) is 0 Å². The quantitative estimate of drug-likeness (QED) is 0.758. The summed E-state index contributed by atoms with van der Waals surface area (Å²) in [5.41, 5.74) is 0.731. The number of aromatic nitrogens is 2. The Morgan fingerprint density at radius 3 is 2.71 bits per heavy atom. The van der Waals surface area contributed by atoms with E-state index >= 15 is 0 Å². The number of benzene rings is 1. The van der Waals surface area contributed by atoms with Crippen molar-refractivity contribution < 1.29 is 14.3 Å². The average Bonchev–Trinajstić information content (AvgIpc) is 3.13. The minimum atomic E-state index is -0.573. The van der Waals surface area contributed by atoms with Gasteiger partial charge >= 0.3 is 5.97 Å². The number of piperidine rings is 1. The van der Waals surface area contributed by atoms with Crippen LogP contribution < -0.4 is 5.56 Å². The summed E-state index contributed by atoms with van der Waals surface area (Å²) in [6.45, 7) is 6.09. The van der Waals surface area contributed by atoms with Gasteiger partial charge in [-0.1, -0.05) is 13.8 Å². The zero-order chi connectivity index (χ0) is 19.8. The number of rotatable bonds is 3. The summed E-state index contributed by atoms with van der Waals surface area (Å²) in [7, 11) is 0. The SMILES string of the molecule is C[C@H]1C[C@H](C)CN(C(=O)COC(=O)c2ccc3c(=O)n4c(nc3c2)CCC4)C1. The first kappa shape index (κ1) is 18.7. The van der Waals surface area contributed by atoms with Gasteiger partial charge in [0, 0.05) is 26.1 Å². The molecule has 2 atom stereocenters. The van der Waals surface area contributed by atoms with Gasteiger partial charge in [-0.2, -0.15) is 0 Å². The fourth-order valence-electron chi connectivity index (χ4n) is 4.38. The molecule has 1 amide bonds. The molecule has 1 saturated heterocycles. The Balaban J connectivity index is 1.46. The Labute approximate surface area is 163 Å². The minimum Gasteiger partial charge on any atom is -0.452 e. The van der Waals surface area contributed by atoms with Crippen molar-refractivity contribution in [3.63, 3.8) is 0 Å². The summed E-state index contributed by atoms with van der Waals surface area (Å²) in [5.74, 6) is 0.927. The van der Waals surface area contributed by atoms with Gasteiger partial charge in [-0.15, -0.1) is 0 Å². The van der Waals surface area contributed by atoms with Gasteiger partial charge in [0.25, 0.3) is 11.5 Å². The number of carbonyl (C=O) groups excluding carboxylic acids is 2. The Hall–Kier alpha value is -2.70. The van der Waals surface area contributed by atoms with Gasteiger partial charge in [0.05, 0.1) is 16.5 Å². The summed E-state index contributed by atoms with van der Waals surface area (Å²) in [6.07, 6.45) is 2.78. The molecule has 2 aromatic rings. The van der Waals surface area contributed by atoms with E-state index in [-0.39, 0.29) is 18.1 Å². The number of likely N-dealkylation sites (tertiary alicyclic amines) is 1. The van der Waals surface area contributed by atoms with E-state index in [9.17, 15) is 14.4 Å². The highest BCUT2D eigenvalue weighted by Crippen LogP contribution is 2.21. The van der Waals surface area contributed by atoms with Crippen LogP contribution in [0.5, 0.6) is 0 Å². The Morgan fingerprint density at radius 2 is 1.96 bits per heavy atom. The maximum absolute atomic E-state index is 12.5. The second-order valence-corrected chi connectivity index (χ2v) is 8.14. The van der Waals surface area contributed by atoms with Gasteiger partial charge in [0.1, 0.15) is 5.82 Å². The molecule has 0 spiro atoms. The number of fused-ring (bicyclic) bond motifs is 2. The Morgan fingerprint density at radius 1 is 1.21 bits per heavy atom. The number of hydrogen-bond donors (Lipinski definition) is 0. The van der Waals surface area contributed by atoms with Crippen LogP contribution in [-0.4, -0.2) is 46.0 Å². The van der Waals surface area contributed by atoms with Crippen LogP contribution in [0.3, 0.4) is 0 Å². The molecule has 0 unspecified atom stereocenters. The van der Waals surface area contributed by atoms with Crippen LogP contribution in [0.1, 0.15) is 42.9 Å². The van der Waals surface area contributed by atoms with Crippen LogP contribution >= 0.6 is 0 Å². The van der Waals surface area contributed by atoms with Crippen LogP contribution in [0.4, 0.5) is 0 Å². The molecular weight excluding hydrogens is 358 g/mol. The number of hydrogen-bond acceptors (Lipinski definition) is 5. The largest absolute Gasteiger partial charge is 0.452 e. The van der Waals surface area contributed by atoms with E-state index < -0.39 is 5.97 Å². The monoisotopic (exact) mass is 383 g/mol. The molecular formula is C21H25N3O4. The summed E-state index contributed by atoms with van der Waals surface area (Å²) in [5, 5.41) is 0.495. The molecule has 0 N–H and O–H groups in total. The Kier molecular flexibility index (Phi) is 4.91. The van der Waals surface area contributed by atoms with Gasteiger partial charge in [0.15, 0.2) is 6.61 Å². The van der Waals surface area contributed by atoms with E-state index in [0.717, 1.165) is 25.1 Å². The van der Waals surface area contributed by atoms with Gasteiger partial charge in [-0.05, 0) is 42.9 Å². The van der Waals surface area contributed by atoms with Crippen molar-refractivity contribution in [2.75, 3.05) is 19.7 Å². The fourth-order valence-corrected chi connectivity index (χ4v) is 4.38. The summed E-state index contributed by atoms with van der Waals surface area (Å²) >= 11 is 0. The number of amides is 1. The van der Waals surface area contributed by atoms with Crippen molar-refractivity contribution in [2.24, 2.45) is 11.8 Å². The first-order valence-corrected chi connectivity index (χ1v) is 9.90. The normalized spacial score (nSPS) is 21.6. The van der Waals surface area contributed by atoms with E-state index in [1.165, 1.54) is 0 Å². The lowest BCUT2D eigenvalue weighted by atomic mass is 9.92. The molecule has 4 rings (SSSR count). The molecule has 1 aromatic carbocycles. The second kappa shape index (κ2) is 7.37. The maximum atomic E-state index is 12.5. The first-order chi connectivity index (χ1) is 13.4. The zero-order valence-corrected chi connectivity index (χ0v) is 16.3. The van der Waals surface area contributed by atoms with Crippen LogP contribution in [0.15, 0.2) is 23.0 Å². The third-order valence-electron chi connectivity index (χ3n) is 5.60. The third kappa shape index (κ3) is 3.53. The molecule has 7 nitrogen and oxygen atoms in total. The molecule has 0 bridgehead atoms. The molecule has 28 heavy (non-hydrogen) atoms. The molecule has 2 aliphatic heterocycles. The van der Waals surface area contributed by atoms with Crippen LogP contribution in [-0.2, 0) is 22.5 Å². The van der Waals surface area contributed by atoms with Gasteiger partial charge < -0.3 is 9.64 Å². The van der Waals surface area contributed by atoms with Gasteiger partial charge in [-0.25, -0.2) is 9.78 Å². The predicted octanol–water partition coefficient (Wildman–Crippen LogP) is 2.00. The zero-order valence-electron chi connectivity index (χ0n) is 16.3. The van der Waals surface area contributed by atoms with Gasteiger partial charge in [0.2, 0.25) is 0 Å². The van der Waals surface area contributed by atoms with E-state index in [1.807, 2.05) is 0 Å². The average molecular weight is 383 g/mol. The molecule has 0 saturated carbocycles. The van der Waals surface area contributed by atoms with Crippen molar-refractivity contribution >= 4 is 22.8 Å². The number of ether oxygens (including phenoxy) is 1. The number of esters is 1. The summed E-state index contributed by atoms with van der Waals surface area (Å²) in [4.78, 5) is 43.6. The van der Waals surface area contributed by atoms with E-state index in [1.54, 1.807) is 27.7 Å². The molecule has 2 aliphatic rings. The lowest BCUT2D eigenvalue weighted by Crippen LogP contribution is -2.44. The number of nitrogens with zero attached hydrogens (tertiary/aromatic N) is 3. The molecule has 1 fully saturated rings. The summed E-state index contributed by atoms with van der Waals surface area (Å²) < 4.78 is 6.94. The van der Waals surface area contributed by atoms with Crippen molar-refractivity contribution in [3.8, 4) is 0 Å². The first-order valence-electron chi connectivity index (χ1n) is 9.90. The summed E-state index contributed by atoms with van der Waals surface area (Å²) in [6, 6.07) is 4.75. The van der Waals surface area contributed by atoms with Gasteiger partial charge in [-0.3, -0.25) is 14.2 Å². The van der Waals surface area contributed by atoms with Crippen molar-refractivity contribution in [1.82, 2.24) is 14.5 Å². The third-order valence-corrected chi connectivity index (χ3v) is 5.60. The minimum absolute atomic E-state index is 0.0686. The fraction of sp³-hybridized carbons (Fsp3) is 0.524. The highest BCUT2D eigenvalue weighted by molar-refractivity contribution is 5.95. The smallest absolute Gasteiger partial charge is 0.338 e. The van der Waals surface area contributed by atoms with E-state index in [2.05, 4.69) is 18.8 Å². The molecule has 1 aromatic heterocycles. The van der Waals surface area contributed by atoms with Crippen molar-refractivity contribution in [1.29, 1.82) is 0 Å². The number of aryl methyl sites for hydroxylation is 1. The topological polar surface area (TPSA) is 81.5 Å². The van der Waals surface area contributed by atoms with E-state index in [4.69, 9.17) is 4.74 Å². The van der Waals surface area contributed by atoms with Crippen molar-refractivity contribution in [2.45, 2.75) is 39.7 Å². The van der Waals surface area contributed by atoms with Crippen LogP contribution in [0, 0.1) is 11.8 Å². The van der Waals surface area contributed by atoms with Crippen molar-refractivity contribution in [3.05, 3.63) is 39.9 Å². The molecule has 3 heterocycles. The molecule has 148 valence electrons. The highest BCUT2D eigenvalue weighted by atomic mass is 16.5. The standard InChI is InChI=1S/C21H25N3O4/c1-13-8-14(2)11-23(10-13)19(25)12-28-21(27)15-5-6-16-17(9-15)22-18-4-3-7-24(18)20(16)26/h5-6,9,13-14H,3-4,7-8,10-12H2,1-2H3/t13-,14-/m0/s1. The predicted molar refractivity (Wildman–Crippen MR) is 104 cm³/mol. The number of carbonyl (C=O) groups is 2. The molecule has 7 heteroatoms. The molecule has 0 radical (unpaired) electrons. The maximum Gasteiger partial charge on any atom is 0.338 e. The Bertz CT molecular complexity index is 987. The lowest BCUT2D eigenvalue weighted by Gasteiger charge is -2.34. The van der Waals surface area contributed by atoms with Crippen LogP contribution in [0.25, 0.3) is 10.9 Å². The molecule has 0 aliphatic carbocycles. The lowest BCUT2D eigenvalue weighted by molar-refractivity contribution is -0.137. The highest BCUT2D eigenvalue weighted by Gasteiger charge is 2.26. The van der Waals surface area contributed by atoms with E-state index in [0.29, 0.717) is 47.9 Å².